The molecule has 0 radical (unpaired) electrons. The van der Waals surface area contributed by atoms with Crippen LogP contribution in [-0.2, 0) is 0 Å². The van der Waals surface area contributed by atoms with Gasteiger partial charge in [-0.15, -0.1) is 0 Å². The number of nitrogens with zero attached hydrogens (tertiary/aromatic N) is 5. The molecule has 2 aromatic carbocycles. The van der Waals surface area contributed by atoms with E-state index in [0.29, 0.717) is 28.2 Å². The van der Waals surface area contributed by atoms with Crippen LogP contribution in [0.3, 0.4) is 0 Å². The molecule has 5 aromatic rings. The fourth-order valence-electron chi connectivity index (χ4n) is 3.33. The molecule has 0 spiro atoms. The number of benzene rings is 2. The molecule has 8 heteroatoms. The Morgan fingerprint density at radius 2 is 1.90 bits per heavy atom. The van der Waals surface area contributed by atoms with Crippen molar-refractivity contribution in [3.05, 3.63) is 83.3 Å². The normalized spacial score (nSPS) is 12.3. The van der Waals surface area contributed by atoms with Crippen molar-refractivity contribution in [1.29, 1.82) is 0 Å². The molecule has 0 aliphatic carbocycles. The minimum absolute atomic E-state index is 0.0610. The van der Waals surface area contributed by atoms with Crippen LogP contribution >= 0.6 is 0 Å². The van der Waals surface area contributed by atoms with Crippen molar-refractivity contribution in [2.45, 2.75) is 13.0 Å². The molecule has 0 aliphatic heterocycles. The predicted molar refractivity (Wildman–Crippen MR) is 111 cm³/mol. The maximum Gasteiger partial charge on any atom is 0.258 e. The Labute approximate surface area is 165 Å². The summed E-state index contributed by atoms with van der Waals surface area (Å²) in [6.07, 6.45) is 4.79. The van der Waals surface area contributed by atoms with E-state index in [2.05, 4.69) is 49.3 Å². The van der Waals surface area contributed by atoms with Crippen LogP contribution in [-0.4, -0.2) is 29.5 Å². The zero-order valence-electron chi connectivity index (χ0n) is 15.6. The molecule has 0 aliphatic rings. The predicted octanol–water partition coefficient (Wildman–Crippen LogP) is 3.23. The van der Waals surface area contributed by atoms with Gasteiger partial charge in [0.1, 0.15) is 12.1 Å². The van der Waals surface area contributed by atoms with Gasteiger partial charge in [-0.05, 0) is 30.7 Å². The molecule has 0 unspecified atom stereocenters. The lowest BCUT2D eigenvalue weighted by Crippen LogP contribution is -2.10. The van der Waals surface area contributed by atoms with E-state index in [9.17, 15) is 4.79 Å². The molecular formula is C21H17N7O. The maximum absolute atomic E-state index is 12.0. The summed E-state index contributed by atoms with van der Waals surface area (Å²) in [6, 6.07) is 15.6. The summed E-state index contributed by atoms with van der Waals surface area (Å²) in [5, 5.41) is 3.84. The van der Waals surface area contributed by atoms with E-state index in [1.54, 1.807) is 18.6 Å². The minimum atomic E-state index is -0.185. The van der Waals surface area contributed by atoms with Crippen molar-refractivity contribution < 1.29 is 0 Å². The zero-order chi connectivity index (χ0) is 19.8. The van der Waals surface area contributed by atoms with Crippen molar-refractivity contribution in [2.75, 3.05) is 5.32 Å². The first-order chi connectivity index (χ1) is 14.2. The summed E-state index contributed by atoms with van der Waals surface area (Å²) in [7, 11) is 0. The van der Waals surface area contributed by atoms with Crippen LogP contribution in [0.15, 0.2) is 72.2 Å². The number of hydrogen-bond donors (Lipinski definition) is 2. The van der Waals surface area contributed by atoms with E-state index < -0.39 is 0 Å². The van der Waals surface area contributed by atoms with Crippen LogP contribution in [0.4, 0.5) is 5.95 Å². The number of nitrogens with one attached hydrogen (secondary N) is 2. The van der Waals surface area contributed by atoms with Gasteiger partial charge in [0.15, 0.2) is 0 Å². The van der Waals surface area contributed by atoms with Crippen molar-refractivity contribution in [3.8, 4) is 5.82 Å². The van der Waals surface area contributed by atoms with Gasteiger partial charge in [-0.2, -0.15) is 4.98 Å². The summed E-state index contributed by atoms with van der Waals surface area (Å²) in [5.41, 5.74) is 3.08. The van der Waals surface area contributed by atoms with Gasteiger partial charge in [0.05, 0.1) is 34.3 Å². The molecular weight excluding hydrogens is 366 g/mol. The molecule has 3 aromatic heterocycles. The number of H-pyrrole nitrogens is 1. The van der Waals surface area contributed by atoms with Crippen molar-refractivity contribution in [2.24, 2.45) is 0 Å². The fraction of sp³-hybridized carbons (Fsp3) is 0.0952. The van der Waals surface area contributed by atoms with Gasteiger partial charge >= 0.3 is 0 Å². The smallest absolute Gasteiger partial charge is 0.258 e. The van der Waals surface area contributed by atoms with E-state index >= 15 is 0 Å². The second-order valence-corrected chi connectivity index (χ2v) is 6.72. The molecule has 0 saturated heterocycles. The number of anilines is 1. The Kier molecular flexibility index (Phi) is 4.02. The number of rotatable bonds is 4. The Hall–Kier alpha value is -4.07. The van der Waals surface area contributed by atoms with Crippen molar-refractivity contribution >= 4 is 27.9 Å². The van der Waals surface area contributed by atoms with E-state index in [1.165, 1.54) is 6.33 Å². The molecule has 0 bridgehead atoms. The molecule has 0 fully saturated rings. The molecule has 142 valence electrons. The van der Waals surface area contributed by atoms with Crippen LogP contribution in [0.25, 0.3) is 27.8 Å². The second-order valence-electron chi connectivity index (χ2n) is 6.72. The van der Waals surface area contributed by atoms with Crippen LogP contribution in [0.2, 0.25) is 0 Å². The number of fused-ring (bicyclic) bond motifs is 2. The summed E-state index contributed by atoms with van der Waals surface area (Å²) in [4.78, 5) is 32.3. The largest absolute Gasteiger partial charge is 0.348 e. The molecule has 8 nitrogen and oxygen atoms in total. The Bertz CT molecular complexity index is 1370. The first-order valence-electron chi connectivity index (χ1n) is 9.18. The number of hydrogen-bond acceptors (Lipinski definition) is 6. The van der Waals surface area contributed by atoms with Crippen molar-refractivity contribution in [3.63, 3.8) is 0 Å². The van der Waals surface area contributed by atoms with Crippen LogP contribution in [0.1, 0.15) is 18.5 Å². The number of aromatic nitrogens is 6. The first-order valence-corrected chi connectivity index (χ1v) is 9.18. The lowest BCUT2D eigenvalue weighted by atomic mass is 10.1. The van der Waals surface area contributed by atoms with E-state index in [0.717, 1.165) is 11.1 Å². The Morgan fingerprint density at radius 1 is 1.03 bits per heavy atom. The van der Waals surface area contributed by atoms with Gasteiger partial charge in [-0.25, -0.2) is 15.0 Å². The topological polar surface area (TPSA) is 101 Å². The third kappa shape index (κ3) is 3.10. The molecule has 5 rings (SSSR count). The lowest BCUT2D eigenvalue weighted by molar-refractivity contribution is 0.854. The van der Waals surface area contributed by atoms with Gasteiger partial charge in [-0.1, -0.05) is 30.3 Å². The third-order valence-electron chi connectivity index (χ3n) is 4.84. The molecule has 0 amide bonds. The summed E-state index contributed by atoms with van der Waals surface area (Å²) in [5.74, 6) is 1.20. The van der Waals surface area contributed by atoms with Crippen LogP contribution in [0.5, 0.6) is 0 Å². The average Bonchev–Trinajstić information content (AvgIpc) is 3.16. The van der Waals surface area contributed by atoms with E-state index in [4.69, 9.17) is 0 Å². The standard InChI is InChI=1S/C21H17N7O/c1-13(14-5-3-2-4-6-14)26-21-22-8-7-19(27-21)28-12-25-17-9-15-16(10-18(17)28)23-11-24-20(15)29/h2-13H,1H3,(H,22,26,27)(H,23,24,29)/t13-/m0/s1. The highest BCUT2D eigenvalue weighted by atomic mass is 16.1. The lowest BCUT2D eigenvalue weighted by Gasteiger charge is -2.14. The minimum Gasteiger partial charge on any atom is -0.348 e. The van der Waals surface area contributed by atoms with E-state index in [1.807, 2.05) is 34.9 Å². The zero-order valence-corrected chi connectivity index (χ0v) is 15.6. The Balaban J connectivity index is 1.54. The summed E-state index contributed by atoms with van der Waals surface area (Å²) < 4.78 is 1.86. The summed E-state index contributed by atoms with van der Waals surface area (Å²) in [6.45, 7) is 2.06. The van der Waals surface area contributed by atoms with Gasteiger partial charge < -0.3 is 10.3 Å². The van der Waals surface area contributed by atoms with Gasteiger partial charge in [0.2, 0.25) is 5.95 Å². The number of imidazole rings is 1. The highest BCUT2D eigenvalue weighted by molar-refractivity contribution is 5.93. The number of aromatic amines is 1. The third-order valence-corrected chi connectivity index (χ3v) is 4.84. The highest BCUT2D eigenvalue weighted by Gasteiger charge is 2.12. The second kappa shape index (κ2) is 6.83. The fourth-order valence-corrected chi connectivity index (χ4v) is 3.33. The van der Waals surface area contributed by atoms with Crippen molar-refractivity contribution in [1.82, 2.24) is 29.5 Å². The average molecular weight is 383 g/mol. The quantitative estimate of drug-likeness (QED) is 0.494. The SMILES string of the molecule is C[C@H](Nc1nccc(-n2cnc3cc4c(=O)[nH]cnc4cc32)n1)c1ccccc1. The molecule has 3 heterocycles. The molecule has 0 saturated carbocycles. The van der Waals surface area contributed by atoms with E-state index in [-0.39, 0.29) is 11.6 Å². The highest BCUT2D eigenvalue weighted by Crippen LogP contribution is 2.22. The monoisotopic (exact) mass is 383 g/mol. The Morgan fingerprint density at radius 3 is 2.76 bits per heavy atom. The summed E-state index contributed by atoms with van der Waals surface area (Å²) >= 11 is 0. The van der Waals surface area contributed by atoms with Crippen LogP contribution < -0.4 is 10.9 Å². The molecule has 29 heavy (non-hydrogen) atoms. The molecule has 1 atom stereocenters. The maximum atomic E-state index is 12.0. The van der Waals surface area contributed by atoms with Gasteiger partial charge in [0.25, 0.3) is 5.56 Å². The first kappa shape index (κ1) is 17.1. The van der Waals surface area contributed by atoms with Gasteiger partial charge in [0, 0.05) is 6.20 Å². The van der Waals surface area contributed by atoms with Gasteiger partial charge in [-0.3, -0.25) is 9.36 Å². The van der Waals surface area contributed by atoms with Crippen LogP contribution in [0, 0.1) is 0 Å². The molecule has 2 N–H and O–H groups in total.